The molecule has 1 heterocycles. The van der Waals surface area contributed by atoms with E-state index in [-0.39, 0.29) is 12.5 Å². The van der Waals surface area contributed by atoms with Crippen molar-refractivity contribution in [3.8, 4) is 0 Å². The summed E-state index contributed by atoms with van der Waals surface area (Å²) in [6.45, 7) is 4.90. The van der Waals surface area contributed by atoms with Crippen LogP contribution in [0.3, 0.4) is 0 Å². The zero-order valence-electron chi connectivity index (χ0n) is 13.3. The van der Waals surface area contributed by atoms with Crippen LogP contribution in [-0.2, 0) is 16.0 Å². The van der Waals surface area contributed by atoms with Crippen LogP contribution in [0, 0.1) is 0 Å². The summed E-state index contributed by atoms with van der Waals surface area (Å²) < 4.78 is 5.25. The molecule has 0 saturated carbocycles. The third-order valence-electron chi connectivity index (χ3n) is 3.56. The van der Waals surface area contributed by atoms with Gasteiger partial charge in [0.1, 0.15) is 0 Å². The number of ether oxygens (including phenoxy) is 1. The molecule has 2 rings (SSSR count). The lowest BCUT2D eigenvalue weighted by Gasteiger charge is -2.18. The third kappa shape index (κ3) is 4.21. The van der Waals surface area contributed by atoms with Crippen LogP contribution in [0.5, 0.6) is 0 Å². The summed E-state index contributed by atoms with van der Waals surface area (Å²) in [5, 5.41) is 6.16. The minimum atomic E-state index is 0.0534. The summed E-state index contributed by atoms with van der Waals surface area (Å²) in [6, 6.07) is 8.04. The highest BCUT2D eigenvalue weighted by Gasteiger charge is 2.23. The Morgan fingerprint density at radius 2 is 2.18 bits per heavy atom. The van der Waals surface area contributed by atoms with Gasteiger partial charge in [0, 0.05) is 32.4 Å². The average Bonchev–Trinajstić information content (AvgIpc) is 2.98. The first-order valence-corrected chi connectivity index (χ1v) is 7.66. The number of anilines is 1. The summed E-state index contributed by atoms with van der Waals surface area (Å²) >= 11 is 0. The maximum Gasteiger partial charge on any atom is 0.246 e. The molecule has 1 aromatic rings. The van der Waals surface area contributed by atoms with Gasteiger partial charge in [0.25, 0.3) is 0 Å². The monoisotopic (exact) mass is 304 g/mol. The molecule has 0 atom stereocenters. The molecule has 0 fully saturated rings. The Bertz CT molecular complexity index is 531. The molecule has 6 nitrogen and oxygen atoms in total. The van der Waals surface area contributed by atoms with E-state index in [1.165, 1.54) is 5.56 Å². The van der Waals surface area contributed by atoms with Gasteiger partial charge in [0.2, 0.25) is 5.91 Å². The van der Waals surface area contributed by atoms with Crippen LogP contribution in [-0.4, -0.2) is 51.8 Å². The molecule has 1 aliphatic heterocycles. The smallest absolute Gasteiger partial charge is 0.246 e. The van der Waals surface area contributed by atoms with E-state index >= 15 is 0 Å². The Hall–Kier alpha value is -2.08. The maximum atomic E-state index is 12.4. The zero-order valence-corrected chi connectivity index (χ0v) is 13.3. The van der Waals surface area contributed by atoms with Crippen LogP contribution >= 0.6 is 0 Å². The second-order valence-electron chi connectivity index (χ2n) is 4.97. The molecule has 0 bridgehead atoms. The molecular weight excluding hydrogens is 280 g/mol. The maximum absolute atomic E-state index is 12.4. The summed E-state index contributed by atoms with van der Waals surface area (Å²) in [5.74, 6) is 0.665. The number of aliphatic imine (C=N–C) groups is 1. The van der Waals surface area contributed by atoms with Gasteiger partial charge in [0.05, 0.1) is 13.2 Å². The van der Waals surface area contributed by atoms with Gasteiger partial charge < -0.3 is 20.3 Å². The van der Waals surface area contributed by atoms with E-state index in [1.54, 1.807) is 7.05 Å². The standard InChI is InChI=1S/C16H24N4O2/c1-3-22-11-9-18-16(17-2)19-12-15(21)20-10-8-13-6-4-5-7-14(13)20/h4-7H,3,8-12H2,1-2H3,(H2,17,18,19). The number of hydrogen-bond acceptors (Lipinski definition) is 3. The lowest BCUT2D eigenvalue weighted by Crippen LogP contribution is -2.45. The van der Waals surface area contributed by atoms with Crippen molar-refractivity contribution in [3.05, 3.63) is 29.8 Å². The molecule has 0 spiro atoms. The molecule has 22 heavy (non-hydrogen) atoms. The van der Waals surface area contributed by atoms with Crippen LogP contribution in [0.1, 0.15) is 12.5 Å². The van der Waals surface area contributed by atoms with Crippen LogP contribution in [0.25, 0.3) is 0 Å². The highest BCUT2D eigenvalue weighted by atomic mass is 16.5. The van der Waals surface area contributed by atoms with Gasteiger partial charge in [-0.05, 0) is 25.0 Å². The Balaban J connectivity index is 1.80. The Morgan fingerprint density at radius 1 is 1.36 bits per heavy atom. The van der Waals surface area contributed by atoms with Gasteiger partial charge in [0.15, 0.2) is 5.96 Å². The fourth-order valence-electron chi connectivity index (χ4n) is 2.46. The highest BCUT2D eigenvalue weighted by molar-refractivity contribution is 5.98. The number of fused-ring (bicyclic) bond motifs is 1. The number of nitrogens with one attached hydrogen (secondary N) is 2. The van der Waals surface area contributed by atoms with Crippen molar-refractivity contribution in [3.63, 3.8) is 0 Å². The molecule has 1 amide bonds. The van der Waals surface area contributed by atoms with Crippen LogP contribution in [0.2, 0.25) is 0 Å². The van der Waals surface area contributed by atoms with Gasteiger partial charge in [-0.25, -0.2) is 0 Å². The van der Waals surface area contributed by atoms with Crippen molar-refractivity contribution >= 4 is 17.6 Å². The minimum Gasteiger partial charge on any atom is -0.380 e. The minimum absolute atomic E-state index is 0.0534. The number of benzene rings is 1. The molecular formula is C16H24N4O2. The van der Waals surface area contributed by atoms with E-state index in [0.717, 1.165) is 18.7 Å². The number of hydrogen-bond donors (Lipinski definition) is 2. The molecule has 1 aliphatic rings. The van der Waals surface area contributed by atoms with Crippen LogP contribution in [0.15, 0.2) is 29.3 Å². The second kappa shape index (κ2) is 8.38. The number of amides is 1. The van der Waals surface area contributed by atoms with Crippen molar-refractivity contribution < 1.29 is 9.53 Å². The first kappa shape index (κ1) is 16.3. The Kier molecular flexibility index (Phi) is 6.21. The summed E-state index contributed by atoms with van der Waals surface area (Å²) in [5.41, 5.74) is 2.25. The zero-order chi connectivity index (χ0) is 15.8. The van der Waals surface area contributed by atoms with Crippen molar-refractivity contribution in [2.75, 3.05) is 44.8 Å². The molecule has 0 aromatic heterocycles. The van der Waals surface area contributed by atoms with Crippen molar-refractivity contribution in [1.29, 1.82) is 0 Å². The van der Waals surface area contributed by atoms with E-state index in [2.05, 4.69) is 21.7 Å². The SMILES string of the molecule is CCOCCNC(=NC)NCC(=O)N1CCc2ccccc21. The lowest BCUT2D eigenvalue weighted by molar-refractivity contribution is -0.117. The Morgan fingerprint density at radius 3 is 2.95 bits per heavy atom. The molecule has 120 valence electrons. The molecule has 0 aliphatic carbocycles. The van der Waals surface area contributed by atoms with Gasteiger partial charge >= 0.3 is 0 Å². The van der Waals surface area contributed by atoms with E-state index in [0.29, 0.717) is 25.7 Å². The average molecular weight is 304 g/mol. The number of carbonyl (C=O) groups excluding carboxylic acids is 1. The molecule has 1 aromatic carbocycles. The predicted octanol–water partition coefficient (Wildman–Crippen LogP) is 0.777. The molecule has 0 unspecified atom stereocenters. The molecule has 2 N–H and O–H groups in total. The number of rotatable bonds is 6. The van der Waals surface area contributed by atoms with Gasteiger partial charge in [-0.3, -0.25) is 9.79 Å². The second-order valence-corrected chi connectivity index (χ2v) is 4.97. The fourth-order valence-corrected chi connectivity index (χ4v) is 2.46. The van der Waals surface area contributed by atoms with Crippen molar-refractivity contribution in [1.82, 2.24) is 10.6 Å². The summed E-state index contributed by atoms with van der Waals surface area (Å²) in [4.78, 5) is 18.3. The first-order valence-electron chi connectivity index (χ1n) is 7.66. The van der Waals surface area contributed by atoms with Crippen molar-refractivity contribution in [2.24, 2.45) is 4.99 Å². The molecule has 0 saturated heterocycles. The van der Waals surface area contributed by atoms with E-state index < -0.39 is 0 Å². The van der Waals surface area contributed by atoms with Crippen LogP contribution < -0.4 is 15.5 Å². The fraction of sp³-hybridized carbons (Fsp3) is 0.500. The van der Waals surface area contributed by atoms with Gasteiger partial charge in [-0.1, -0.05) is 18.2 Å². The Labute approximate surface area is 131 Å². The van der Waals surface area contributed by atoms with Crippen molar-refractivity contribution in [2.45, 2.75) is 13.3 Å². The van der Waals surface area contributed by atoms with E-state index in [1.807, 2.05) is 30.0 Å². The number of carbonyl (C=O) groups is 1. The number of nitrogens with zero attached hydrogens (tertiary/aromatic N) is 2. The first-order chi connectivity index (χ1) is 10.8. The quantitative estimate of drug-likeness (QED) is 0.463. The highest BCUT2D eigenvalue weighted by Crippen LogP contribution is 2.27. The van der Waals surface area contributed by atoms with E-state index in [4.69, 9.17) is 4.74 Å². The normalized spacial score (nSPS) is 13.9. The molecule has 0 radical (unpaired) electrons. The predicted molar refractivity (Wildman–Crippen MR) is 88.4 cm³/mol. The van der Waals surface area contributed by atoms with Gasteiger partial charge in [-0.2, -0.15) is 0 Å². The molecule has 6 heteroatoms. The number of guanidine groups is 1. The third-order valence-corrected chi connectivity index (χ3v) is 3.56. The topological polar surface area (TPSA) is 66.0 Å². The van der Waals surface area contributed by atoms with Crippen LogP contribution in [0.4, 0.5) is 5.69 Å². The van der Waals surface area contributed by atoms with Gasteiger partial charge in [-0.15, -0.1) is 0 Å². The van der Waals surface area contributed by atoms with E-state index in [9.17, 15) is 4.79 Å². The summed E-state index contributed by atoms with van der Waals surface area (Å²) in [6.07, 6.45) is 0.920. The number of para-hydroxylation sites is 1. The lowest BCUT2D eigenvalue weighted by atomic mass is 10.2. The summed E-state index contributed by atoms with van der Waals surface area (Å²) in [7, 11) is 1.69. The largest absolute Gasteiger partial charge is 0.380 e.